The summed E-state index contributed by atoms with van der Waals surface area (Å²) < 4.78 is 2.14. The largest absolute Gasteiger partial charge is 0.352 e. The Labute approximate surface area is 103 Å². The number of carbonyl (C=O) groups excluding carboxylic acids is 1. The first-order chi connectivity index (χ1) is 7.97. The highest BCUT2D eigenvalue weighted by atomic mass is 16.1. The van der Waals surface area contributed by atoms with Crippen LogP contribution in [-0.4, -0.2) is 23.1 Å². The van der Waals surface area contributed by atoms with Gasteiger partial charge in [0, 0.05) is 30.5 Å². The van der Waals surface area contributed by atoms with Crippen LogP contribution >= 0.6 is 0 Å². The molecule has 0 bridgehead atoms. The Hall–Kier alpha value is -1.29. The summed E-state index contributed by atoms with van der Waals surface area (Å²) in [5, 5.41) is 2.90. The van der Waals surface area contributed by atoms with E-state index in [1.54, 1.807) is 0 Å². The van der Waals surface area contributed by atoms with E-state index >= 15 is 0 Å². The molecule has 0 spiro atoms. The fraction of sp³-hybridized carbons (Fsp3) is 0.615. The second-order valence-corrected chi connectivity index (χ2v) is 4.55. The number of nitrogens with one attached hydrogen (secondary N) is 1. The average Bonchev–Trinajstić information content (AvgIpc) is 2.53. The molecule has 4 heteroatoms. The van der Waals surface area contributed by atoms with Gasteiger partial charge in [-0.15, -0.1) is 0 Å². The van der Waals surface area contributed by atoms with Gasteiger partial charge in [-0.05, 0) is 40.2 Å². The molecule has 0 aliphatic rings. The zero-order chi connectivity index (χ0) is 13.0. The molecule has 1 unspecified atom stereocenters. The van der Waals surface area contributed by atoms with Gasteiger partial charge in [0.15, 0.2) is 0 Å². The maximum Gasteiger partial charge on any atom is 0.253 e. The minimum Gasteiger partial charge on any atom is -0.352 e. The summed E-state index contributed by atoms with van der Waals surface area (Å²) in [6.45, 7) is 9.55. The first-order valence-corrected chi connectivity index (χ1v) is 6.17. The molecule has 0 radical (unpaired) electrons. The third kappa shape index (κ3) is 3.33. The molecule has 1 amide bonds. The van der Waals surface area contributed by atoms with Crippen LogP contribution < -0.4 is 11.1 Å². The van der Waals surface area contributed by atoms with Crippen molar-refractivity contribution in [2.24, 2.45) is 5.73 Å². The SMILES string of the molecule is CCn1c(C)cc(C(=O)NCCC(C)N)c1C. The number of hydrogen-bond donors (Lipinski definition) is 2. The van der Waals surface area contributed by atoms with E-state index in [0.29, 0.717) is 6.54 Å². The molecule has 3 N–H and O–H groups in total. The Bertz CT molecular complexity index is 394. The predicted octanol–water partition coefficient (Wildman–Crippen LogP) is 1.59. The van der Waals surface area contributed by atoms with Crippen LogP contribution in [0, 0.1) is 13.8 Å². The van der Waals surface area contributed by atoms with Crippen molar-refractivity contribution in [3.05, 3.63) is 23.0 Å². The number of hydrogen-bond acceptors (Lipinski definition) is 2. The molecule has 1 rings (SSSR count). The highest BCUT2D eigenvalue weighted by Crippen LogP contribution is 2.14. The fourth-order valence-electron chi connectivity index (χ4n) is 2.03. The molecule has 1 aromatic rings. The first kappa shape index (κ1) is 13.8. The molecule has 4 nitrogen and oxygen atoms in total. The monoisotopic (exact) mass is 237 g/mol. The van der Waals surface area contributed by atoms with E-state index in [0.717, 1.165) is 29.9 Å². The van der Waals surface area contributed by atoms with Gasteiger partial charge in [-0.2, -0.15) is 0 Å². The number of nitrogens with two attached hydrogens (primary N) is 1. The topological polar surface area (TPSA) is 60.0 Å². The molecule has 0 aromatic carbocycles. The van der Waals surface area contributed by atoms with E-state index in [4.69, 9.17) is 5.73 Å². The van der Waals surface area contributed by atoms with Gasteiger partial charge in [-0.25, -0.2) is 0 Å². The van der Waals surface area contributed by atoms with Gasteiger partial charge in [-0.1, -0.05) is 0 Å². The number of carbonyl (C=O) groups is 1. The van der Waals surface area contributed by atoms with E-state index in [-0.39, 0.29) is 11.9 Å². The van der Waals surface area contributed by atoms with Gasteiger partial charge in [0.25, 0.3) is 5.91 Å². The second kappa shape index (κ2) is 5.87. The van der Waals surface area contributed by atoms with Gasteiger partial charge < -0.3 is 15.6 Å². The van der Waals surface area contributed by atoms with Crippen LogP contribution in [0.3, 0.4) is 0 Å². The van der Waals surface area contributed by atoms with Crippen molar-refractivity contribution < 1.29 is 4.79 Å². The molecule has 0 aliphatic carbocycles. The molecule has 1 heterocycles. The lowest BCUT2D eigenvalue weighted by atomic mass is 10.2. The lowest BCUT2D eigenvalue weighted by molar-refractivity contribution is 0.0952. The first-order valence-electron chi connectivity index (χ1n) is 6.17. The highest BCUT2D eigenvalue weighted by Gasteiger charge is 2.14. The minimum absolute atomic E-state index is 0.00144. The zero-order valence-corrected chi connectivity index (χ0v) is 11.2. The molecule has 0 saturated heterocycles. The van der Waals surface area contributed by atoms with Gasteiger partial charge in [0.1, 0.15) is 0 Å². The molecule has 1 atom stereocenters. The second-order valence-electron chi connectivity index (χ2n) is 4.55. The summed E-state index contributed by atoms with van der Waals surface area (Å²) in [6, 6.07) is 2.07. The summed E-state index contributed by atoms with van der Waals surface area (Å²) >= 11 is 0. The molecular formula is C13H23N3O. The van der Waals surface area contributed by atoms with Crippen LogP contribution in [0.4, 0.5) is 0 Å². The van der Waals surface area contributed by atoms with Crippen LogP contribution in [-0.2, 0) is 6.54 Å². The Kier molecular flexibility index (Phi) is 4.75. The van der Waals surface area contributed by atoms with Crippen LogP contribution in [0.25, 0.3) is 0 Å². The molecular weight excluding hydrogens is 214 g/mol. The van der Waals surface area contributed by atoms with E-state index in [1.807, 2.05) is 26.8 Å². The maximum absolute atomic E-state index is 12.0. The number of aryl methyl sites for hydroxylation is 1. The third-order valence-corrected chi connectivity index (χ3v) is 3.02. The Balaban J connectivity index is 2.69. The van der Waals surface area contributed by atoms with Crippen molar-refractivity contribution >= 4 is 5.91 Å². The molecule has 1 aromatic heterocycles. The molecule has 0 fully saturated rings. The van der Waals surface area contributed by atoms with Gasteiger partial charge in [0.05, 0.1) is 5.56 Å². The summed E-state index contributed by atoms with van der Waals surface area (Å²) in [6.07, 6.45) is 0.804. The molecule has 0 saturated carbocycles. The fourth-order valence-corrected chi connectivity index (χ4v) is 2.03. The van der Waals surface area contributed by atoms with Gasteiger partial charge in [0.2, 0.25) is 0 Å². The van der Waals surface area contributed by atoms with E-state index in [2.05, 4.69) is 16.8 Å². The van der Waals surface area contributed by atoms with Crippen molar-refractivity contribution in [1.29, 1.82) is 0 Å². The molecule has 96 valence electrons. The quantitative estimate of drug-likeness (QED) is 0.817. The number of rotatable bonds is 5. The molecule has 0 aliphatic heterocycles. The van der Waals surface area contributed by atoms with Crippen LogP contribution in [0.1, 0.15) is 42.0 Å². The molecule has 17 heavy (non-hydrogen) atoms. The van der Waals surface area contributed by atoms with Crippen LogP contribution in [0.5, 0.6) is 0 Å². The van der Waals surface area contributed by atoms with Crippen molar-refractivity contribution in [3.8, 4) is 0 Å². The number of nitrogens with zero attached hydrogens (tertiary/aromatic N) is 1. The smallest absolute Gasteiger partial charge is 0.253 e. The van der Waals surface area contributed by atoms with E-state index in [1.165, 1.54) is 0 Å². The lowest BCUT2D eigenvalue weighted by Gasteiger charge is -2.08. The van der Waals surface area contributed by atoms with Crippen molar-refractivity contribution in [2.45, 2.75) is 46.7 Å². The number of aromatic nitrogens is 1. The van der Waals surface area contributed by atoms with Crippen LogP contribution in [0.2, 0.25) is 0 Å². The number of amides is 1. The van der Waals surface area contributed by atoms with Gasteiger partial charge >= 0.3 is 0 Å². The van der Waals surface area contributed by atoms with Gasteiger partial charge in [-0.3, -0.25) is 4.79 Å². The van der Waals surface area contributed by atoms with E-state index in [9.17, 15) is 4.79 Å². The van der Waals surface area contributed by atoms with Crippen molar-refractivity contribution in [3.63, 3.8) is 0 Å². The Morgan fingerprint density at radius 2 is 2.18 bits per heavy atom. The highest BCUT2D eigenvalue weighted by molar-refractivity contribution is 5.95. The summed E-state index contributed by atoms with van der Waals surface area (Å²) in [4.78, 5) is 12.0. The predicted molar refractivity (Wildman–Crippen MR) is 70.2 cm³/mol. The third-order valence-electron chi connectivity index (χ3n) is 3.02. The lowest BCUT2D eigenvalue weighted by Crippen LogP contribution is -2.29. The zero-order valence-electron chi connectivity index (χ0n) is 11.2. The summed E-state index contributed by atoms with van der Waals surface area (Å²) in [5.74, 6) is -0.00144. The Morgan fingerprint density at radius 3 is 2.65 bits per heavy atom. The minimum atomic E-state index is -0.00144. The van der Waals surface area contributed by atoms with Crippen LogP contribution in [0.15, 0.2) is 6.07 Å². The Morgan fingerprint density at radius 1 is 1.53 bits per heavy atom. The maximum atomic E-state index is 12.0. The summed E-state index contributed by atoms with van der Waals surface area (Å²) in [7, 11) is 0. The standard InChI is InChI=1S/C13H23N3O/c1-5-16-10(3)8-12(11(16)4)13(17)15-7-6-9(2)14/h8-9H,5-7,14H2,1-4H3,(H,15,17). The van der Waals surface area contributed by atoms with E-state index < -0.39 is 0 Å². The average molecular weight is 237 g/mol. The van der Waals surface area contributed by atoms with Crippen molar-refractivity contribution in [2.75, 3.05) is 6.54 Å². The summed E-state index contributed by atoms with van der Waals surface area (Å²) in [5.41, 5.74) is 8.57. The van der Waals surface area contributed by atoms with Crippen molar-refractivity contribution in [1.82, 2.24) is 9.88 Å². The normalized spacial score (nSPS) is 12.5.